The number of likely N-dealkylation sites (tertiary alicyclic amines) is 1. The highest BCUT2D eigenvalue weighted by molar-refractivity contribution is 5.65. The number of phenolic OH excluding ortho intramolecular Hbond substituents is 1. The van der Waals surface area contributed by atoms with Crippen LogP contribution in [0.4, 0.5) is 0 Å². The minimum Gasteiger partial charge on any atom is -0.504 e. The fraction of sp³-hybridized carbons (Fsp3) is 0.724. The van der Waals surface area contributed by atoms with Gasteiger partial charge in [-0.1, -0.05) is 39.0 Å². The van der Waals surface area contributed by atoms with E-state index in [1.165, 1.54) is 30.5 Å². The summed E-state index contributed by atoms with van der Waals surface area (Å²) in [5.74, 6) is 2.08. The molecule has 5 nitrogen and oxygen atoms in total. The number of rotatable bonds is 2. The van der Waals surface area contributed by atoms with Gasteiger partial charge in [0, 0.05) is 29.5 Å². The molecule has 0 amide bonds. The summed E-state index contributed by atoms with van der Waals surface area (Å²) in [6, 6.07) is 4.49. The van der Waals surface area contributed by atoms with E-state index in [4.69, 9.17) is 14.2 Å². The molecule has 3 aliphatic heterocycles. The molecule has 3 spiro atoms. The summed E-state index contributed by atoms with van der Waals surface area (Å²) in [5, 5.41) is 11.0. The van der Waals surface area contributed by atoms with Crippen LogP contribution in [0.2, 0.25) is 0 Å². The van der Waals surface area contributed by atoms with Gasteiger partial charge in [0.2, 0.25) is 0 Å². The molecule has 4 fully saturated rings. The van der Waals surface area contributed by atoms with Crippen LogP contribution in [0.15, 0.2) is 24.3 Å². The Bertz CT molecular complexity index is 1140. The molecule has 0 unspecified atom stereocenters. The maximum atomic E-state index is 11.0. The van der Waals surface area contributed by atoms with E-state index in [0.29, 0.717) is 6.04 Å². The van der Waals surface area contributed by atoms with Gasteiger partial charge in [-0.05, 0) is 68.5 Å². The fourth-order valence-corrected chi connectivity index (χ4v) is 9.40. The first-order valence-corrected chi connectivity index (χ1v) is 13.4. The zero-order chi connectivity index (χ0) is 23.3. The zero-order valence-corrected chi connectivity index (χ0v) is 20.9. The fourth-order valence-electron chi connectivity index (χ4n) is 9.40. The Labute approximate surface area is 202 Å². The third-order valence-corrected chi connectivity index (χ3v) is 11.6. The maximum absolute atomic E-state index is 11.0. The van der Waals surface area contributed by atoms with Crippen LogP contribution in [-0.4, -0.2) is 53.2 Å². The van der Waals surface area contributed by atoms with Crippen molar-refractivity contribution < 1.29 is 19.3 Å². The predicted octanol–water partition coefficient (Wildman–Crippen LogP) is 4.56. The first kappa shape index (κ1) is 20.6. The molecule has 3 heterocycles. The van der Waals surface area contributed by atoms with Gasteiger partial charge in [-0.2, -0.15) is 0 Å². The van der Waals surface area contributed by atoms with E-state index in [9.17, 15) is 5.11 Å². The Hall–Kier alpha value is -1.56. The first-order chi connectivity index (χ1) is 16.2. The number of piperidine rings is 1. The largest absolute Gasteiger partial charge is 0.504 e. The monoisotopic (exact) mass is 463 g/mol. The number of hydrogen-bond acceptors (Lipinski definition) is 5. The number of ether oxygens (including phenoxy) is 3. The summed E-state index contributed by atoms with van der Waals surface area (Å²) in [5.41, 5.74) is 1.60. The first-order valence-electron chi connectivity index (χ1n) is 13.4. The molecular formula is C29H37NO4. The molecule has 4 bridgehead atoms. The Morgan fingerprint density at radius 2 is 1.97 bits per heavy atom. The second-order valence-corrected chi connectivity index (χ2v) is 13.6. The van der Waals surface area contributed by atoms with Crippen LogP contribution in [0, 0.1) is 22.7 Å². The van der Waals surface area contributed by atoms with Gasteiger partial charge in [-0.3, -0.25) is 4.90 Å². The lowest BCUT2D eigenvalue weighted by molar-refractivity contribution is -0.356. The highest BCUT2D eigenvalue weighted by Gasteiger charge is 2.82. The molecule has 1 aromatic rings. The summed E-state index contributed by atoms with van der Waals surface area (Å²) in [7, 11) is 0. The van der Waals surface area contributed by atoms with Gasteiger partial charge in [-0.15, -0.1) is 0 Å². The molecular weight excluding hydrogens is 426 g/mol. The summed E-state index contributed by atoms with van der Waals surface area (Å²) >= 11 is 0. The molecule has 8 aliphatic rings. The van der Waals surface area contributed by atoms with E-state index < -0.39 is 5.60 Å². The van der Waals surface area contributed by atoms with Gasteiger partial charge < -0.3 is 19.3 Å². The second-order valence-electron chi connectivity index (χ2n) is 13.6. The van der Waals surface area contributed by atoms with E-state index in [1.807, 2.05) is 6.07 Å². The van der Waals surface area contributed by atoms with Crippen LogP contribution in [0.25, 0.3) is 0 Å². The summed E-state index contributed by atoms with van der Waals surface area (Å²) in [6.45, 7) is 11.8. The molecule has 5 aliphatic carbocycles. The van der Waals surface area contributed by atoms with Crippen LogP contribution < -0.4 is 4.74 Å². The average Bonchev–Trinajstić information content (AvgIpc) is 3.53. The van der Waals surface area contributed by atoms with Crippen LogP contribution >= 0.6 is 0 Å². The van der Waals surface area contributed by atoms with Gasteiger partial charge in [0.1, 0.15) is 18.5 Å². The Morgan fingerprint density at radius 1 is 1.15 bits per heavy atom. The number of phenols is 1. The highest BCUT2D eigenvalue weighted by atomic mass is 16.7. The van der Waals surface area contributed by atoms with Gasteiger partial charge in [-0.25, -0.2) is 0 Å². The molecule has 0 aromatic heterocycles. The molecule has 1 N–H and O–H groups in total. The van der Waals surface area contributed by atoms with Crippen molar-refractivity contribution in [3.63, 3.8) is 0 Å². The molecule has 7 atom stereocenters. The molecule has 34 heavy (non-hydrogen) atoms. The van der Waals surface area contributed by atoms with E-state index in [-0.39, 0.29) is 46.4 Å². The Balaban J connectivity index is 1.39. The van der Waals surface area contributed by atoms with Crippen LogP contribution in [0.5, 0.6) is 11.5 Å². The number of hydrogen-bond donors (Lipinski definition) is 1. The van der Waals surface area contributed by atoms with Crippen molar-refractivity contribution in [1.82, 2.24) is 4.90 Å². The molecule has 2 saturated carbocycles. The highest BCUT2D eigenvalue weighted by Crippen LogP contribution is 2.76. The van der Waals surface area contributed by atoms with Gasteiger partial charge in [0.05, 0.1) is 11.0 Å². The molecule has 9 rings (SSSR count). The number of benzene rings is 1. The molecule has 1 aromatic carbocycles. The van der Waals surface area contributed by atoms with Crippen molar-refractivity contribution >= 4 is 0 Å². The maximum Gasteiger partial charge on any atom is 0.165 e. The van der Waals surface area contributed by atoms with Gasteiger partial charge in [0.15, 0.2) is 11.5 Å². The predicted molar refractivity (Wildman–Crippen MR) is 128 cm³/mol. The van der Waals surface area contributed by atoms with E-state index >= 15 is 0 Å². The van der Waals surface area contributed by atoms with Crippen LogP contribution in [-0.2, 0) is 21.3 Å². The summed E-state index contributed by atoms with van der Waals surface area (Å²) < 4.78 is 20.2. The lowest BCUT2D eigenvalue weighted by Gasteiger charge is -2.74. The lowest BCUT2D eigenvalue weighted by Crippen LogP contribution is -2.83. The smallest absolute Gasteiger partial charge is 0.165 e. The lowest BCUT2D eigenvalue weighted by atomic mass is 9.35. The quantitative estimate of drug-likeness (QED) is 0.652. The Morgan fingerprint density at radius 3 is 2.74 bits per heavy atom. The van der Waals surface area contributed by atoms with Crippen molar-refractivity contribution in [2.75, 3.05) is 19.9 Å². The van der Waals surface area contributed by atoms with E-state index in [1.54, 1.807) is 0 Å². The van der Waals surface area contributed by atoms with E-state index in [0.717, 1.165) is 37.5 Å². The minimum absolute atomic E-state index is 0.0279. The minimum atomic E-state index is -0.536. The molecule has 5 heteroatoms. The normalized spacial score (nSPS) is 47.8. The third-order valence-electron chi connectivity index (χ3n) is 11.6. The second kappa shape index (κ2) is 5.87. The topological polar surface area (TPSA) is 51.2 Å². The van der Waals surface area contributed by atoms with Gasteiger partial charge in [0.25, 0.3) is 0 Å². The Kier molecular flexibility index (Phi) is 3.56. The van der Waals surface area contributed by atoms with Crippen molar-refractivity contribution in [3.8, 4) is 11.5 Å². The summed E-state index contributed by atoms with van der Waals surface area (Å²) in [6.07, 6.45) is 10.7. The zero-order valence-electron chi connectivity index (χ0n) is 20.9. The number of aromatic hydroxyl groups is 1. The van der Waals surface area contributed by atoms with Crippen molar-refractivity contribution in [2.24, 2.45) is 22.7 Å². The summed E-state index contributed by atoms with van der Waals surface area (Å²) in [4.78, 5) is 2.83. The standard InChI is InChI=1S/C29H37NO4/c1-25(2,3)26(4)20-14-27-9-10-29(20,33-16-32-26)24-28(27)11-12-30(15-17-5-6-17)21(27)13-18-7-8-19(31)23(34-24)22(18)28/h7-10,17,20-21,24,31H,5-6,11-16H2,1-4H3/t20-,21-,24-,26+,27-,28+,29-/m1/s1. The SMILES string of the molecule is CC(C)(C)[C@@]1(C)OCO[C@]23C=C[C@@]4(C[C@@H]21)[C@H]1Cc2ccc(O)c5c2[C@@]4(CCN1CC1CC1)[C@H]3O5. The van der Waals surface area contributed by atoms with Crippen LogP contribution in [0.3, 0.4) is 0 Å². The van der Waals surface area contributed by atoms with Crippen LogP contribution in [0.1, 0.15) is 64.5 Å². The van der Waals surface area contributed by atoms with Gasteiger partial charge >= 0.3 is 0 Å². The van der Waals surface area contributed by atoms with Crippen molar-refractivity contribution in [3.05, 3.63) is 35.4 Å². The molecule has 0 radical (unpaired) electrons. The van der Waals surface area contributed by atoms with E-state index in [2.05, 4.69) is 50.8 Å². The number of nitrogens with zero attached hydrogens (tertiary/aromatic N) is 1. The van der Waals surface area contributed by atoms with Crippen molar-refractivity contribution in [1.29, 1.82) is 0 Å². The molecule has 2 saturated heterocycles. The third kappa shape index (κ3) is 2.01. The molecule has 182 valence electrons. The van der Waals surface area contributed by atoms with Crippen molar-refractivity contribution in [2.45, 2.75) is 88.6 Å². The average molecular weight is 464 g/mol.